The summed E-state index contributed by atoms with van der Waals surface area (Å²) in [6.45, 7) is 3.20. The number of esters is 1. The molecule has 1 saturated heterocycles. The summed E-state index contributed by atoms with van der Waals surface area (Å²) in [6, 6.07) is 16.0. The van der Waals surface area contributed by atoms with E-state index in [4.69, 9.17) is 14.7 Å². The number of nitrogens with zero attached hydrogens (tertiary/aromatic N) is 3. The minimum absolute atomic E-state index is 0.361. The highest BCUT2D eigenvalue weighted by atomic mass is 16.5. The Balaban J connectivity index is 1.91. The number of benzene rings is 2. The fourth-order valence-electron chi connectivity index (χ4n) is 3.82. The van der Waals surface area contributed by atoms with Gasteiger partial charge in [-0.3, -0.25) is 0 Å². The Morgan fingerprint density at radius 3 is 2.70 bits per heavy atom. The average Bonchev–Trinajstić information content (AvgIpc) is 3.21. The van der Waals surface area contributed by atoms with Gasteiger partial charge >= 0.3 is 5.97 Å². The van der Waals surface area contributed by atoms with E-state index in [9.17, 15) is 4.79 Å². The van der Waals surface area contributed by atoms with Crippen molar-refractivity contribution in [3.63, 3.8) is 0 Å². The molecule has 1 atom stereocenters. The van der Waals surface area contributed by atoms with Gasteiger partial charge in [0.1, 0.15) is 5.69 Å². The van der Waals surface area contributed by atoms with Gasteiger partial charge in [-0.25, -0.2) is 14.8 Å². The first kappa shape index (κ1) is 17.5. The third kappa shape index (κ3) is 3.25. The molecule has 5 nitrogen and oxygen atoms in total. The van der Waals surface area contributed by atoms with Gasteiger partial charge in [-0.1, -0.05) is 37.3 Å². The number of rotatable bonds is 4. The summed E-state index contributed by atoms with van der Waals surface area (Å²) >= 11 is 0. The zero-order valence-electron chi connectivity index (χ0n) is 15.7. The molecule has 0 saturated carbocycles. The highest BCUT2D eigenvalue weighted by Gasteiger charge is 2.27. The lowest BCUT2D eigenvalue weighted by Gasteiger charge is -2.27. The lowest BCUT2D eigenvalue weighted by Crippen LogP contribution is -2.30. The number of methoxy groups -OCH3 is 1. The van der Waals surface area contributed by atoms with E-state index < -0.39 is 0 Å². The predicted octanol–water partition coefficient (Wildman–Crippen LogP) is 4.46. The van der Waals surface area contributed by atoms with Gasteiger partial charge in [0, 0.05) is 18.2 Å². The third-order valence-electron chi connectivity index (χ3n) is 5.23. The van der Waals surface area contributed by atoms with Crippen LogP contribution in [0.5, 0.6) is 0 Å². The molecule has 0 radical (unpaired) electrons. The molecular formula is C22H23N3O2. The summed E-state index contributed by atoms with van der Waals surface area (Å²) in [5.74, 6) is 0.542. The average molecular weight is 361 g/mol. The fraction of sp³-hybridized carbons (Fsp3) is 0.318. The molecule has 3 aromatic rings. The minimum Gasteiger partial charge on any atom is -0.465 e. The van der Waals surface area contributed by atoms with E-state index in [2.05, 4.69) is 24.0 Å². The van der Waals surface area contributed by atoms with Crippen LogP contribution in [0.2, 0.25) is 0 Å². The van der Waals surface area contributed by atoms with Crippen molar-refractivity contribution >= 4 is 22.8 Å². The quantitative estimate of drug-likeness (QED) is 0.642. The monoisotopic (exact) mass is 361 g/mol. The largest absolute Gasteiger partial charge is 0.465 e. The topological polar surface area (TPSA) is 55.3 Å². The van der Waals surface area contributed by atoms with Crippen LogP contribution in [0.25, 0.3) is 22.3 Å². The standard InChI is InChI=1S/C22H23N3O2/c1-3-17-10-7-13-25(17)21-20(15-8-5-4-6-9-15)23-18-12-11-16(22(26)27-2)14-19(18)24-21/h4-6,8-9,11-12,14,17H,3,7,10,13H2,1-2H3. The van der Waals surface area contributed by atoms with Crippen LogP contribution in [0.1, 0.15) is 36.5 Å². The van der Waals surface area contributed by atoms with E-state index in [0.717, 1.165) is 42.0 Å². The number of carbonyl (C=O) groups is 1. The van der Waals surface area contributed by atoms with E-state index in [-0.39, 0.29) is 5.97 Å². The molecule has 0 bridgehead atoms. The highest BCUT2D eigenvalue weighted by Crippen LogP contribution is 2.34. The summed E-state index contributed by atoms with van der Waals surface area (Å²) in [4.78, 5) is 24.2. The first-order chi connectivity index (χ1) is 13.2. The lowest BCUT2D eigenvalue weighted by molar-refractivity contribution is 0.0601. The molecule has 0 aliphatic carbocycles. The zero-order valence-corrected chi connectivity index (χ0v) is 15.7. The number of carbonyl (C=O) groups excluding carboxylic acids is 1. The summed E-state index contributed by atoms with van der Waals surface area (Å²) in [5, 5.41) is 0. The number of hydrogen-bond acceptors (Lipinski definition) is 5. The minimum atomic E-state index is -0.361. The Morgan fingerprint density at radius 1 is 1.15 bits per heavy atom. The first-order valence-electron chi connectivity index (χ1n) is 9.43. The third-order valence-corrected chi connectivity index (χ3v) is 5.23. The molecule has 0 N–H and O–H groups in total. The molecule has 1 fully saturated rings. The smallest absolute Gasteiger partial charge is 0.337 e. The van der Waals surface area contributed by atoms with E-state index in [1.54, 1.807) is 12.1 Å². The van der Waals surface area contributed by atoms with Crippen LogP contribution in [0.15, 0.2) is 48.5 Å². The van der Waals surface area contributed by atoms with Crippen molar-refractivity contribution in [2.75, 3.05) is 18.6 Å². The molecule has 1 unspecified atom stereocenters. The normalized spacial score (nSPS) is 16.7. The summed E-state index contributed by atoms with van der Waals surface area (Å²) in [6.07, 6.45) is 3.41. The van der Waals surface area contributed by atoms with Gasteiger partial charge in [0.15, 0.2) is 5.82 Å². The van der Waals surface area contributed by atoms with Crippen molar-refractivity contribution in [3.8, 4) is 11.3 Å². The number of ether oxygens (including phenoxy) is 1. The van der Waals surface area contributed by atoms with Crippen LogP contribution in [-0.2, 0) is 4.74 Å². The second-order valence-electron chi connectivity index (χ2n) is 6.85. The molecule has 5 heteroatoms. The Morgan fingerprint density at radius 2 is 1.96 bits per heavy atom. The van der Waals surface area contributed by atoms with Gasteiger partial charge in [0.25, 0.3) is 0 Å². The van der Waals surface area contributed by atoms with Crippen molar-refractivity contribution in [1.29, 1.82) is 0 Å². The molecule has 2 heterocycles. The maximum absolute atomic E-state index is 11.9. The summed E-state index contributed by atoms with van der Waals surface area (Å²) in [5.41, 5.74) is 3.94. The highest BCUT2D eigenvalue weighted by molar-refractivity contribution is 5.94. The summed E-state index contributed by atoms with van der Waals surface area (Å²) < 4.78 is 4.85. The number of anilines is 1. The molecule has 2 aromatic carbocycles. The number of fused-ring (bicyclic) bond motifs is 1. The molecule has 0 spiro atoms. The van der Waals surface area contributed by atoms with Crippen LogP contribution in [0.4, 0.5) is 5.82 Å². The van der Waals surface area contributed by atoms with E-state index in [1.807, 2.05) is 24.3 Å². The summed E-state index contributed by atoms with van der Waals surface area (Å²) in [7, 11) is 1.39. The van der Waals surface area contributed by atoms with Crippen molar-refractivity contribution in [2.45, 2.75) is 32.2 Å². The fourth-order valence-corrected chi connectivity index (χ4v) is 3.82. The van der Waals surface area contributed by atoms with Gasteiger partial charge in [0.05, 0.1) is 23.7 Å². The number of aromatic nitrogens is 2. The maximum Gasteiger partial charge on any atom is 0.337 e. The molecule has 1 aliphatic heterocycles. The van der Waals surface area contributed by atoms with Crippen LogP contribution < -0.4 is 4.90 Å². The van der Waals surface area contributed by atoms with Crippen molar-refractivity contribution in [2.24, 2.45) is 0 Å². The van der Waals surface area contributed by atoms with Gasteiger partial charge < -0.3 is 9.64 Å². The first-order valence-corrected chi connectivity index (χ1v) is 9.43. The van der Waals surface area contributed by atoms with Gasteiger partial charge in [-0.05, 0) is 37.5 Å². The number of hydrogen-bond donors (Lipinski definition) is 0. The Labute approximate surface area is 159 Å². The Hall–Kier alpha value is -2.95. The zero-order chi connectivity index (χ0) is 18.8. The molecule has 138 valence electrons. The van der Waals surface area contributed by atoms with E-state index in [0.29, 0.717) is 17.1 Å². The predicted molar refractivity (Wildman–Crippen MR) is 107 cm³/mol. The second kappa shape index (κ2) is 7.35. The van der Waals surface area contributed by atoms with Crippen molar-refractivity contribution < 1.29 is 9.53 Å². The van der Waals surface area contributed by atoms with E-state index >= 15 is 0 Å². The molecule has 1 aliphatic rings. The Kier molecular flexibility index (Phi) is 4.75. The van der Waals surface area contributed by atoms with Gasteiger partial charge in [0.2, 0.25) is 0 Å². The lowest BCUT2D eigenvalue weighted by atomic mass is 10.1. The van der Waals surface area contributed by atoms with Gasteiger partial charge in [-0.15, -0.1) is 0 Å². The SMILES string of the molecule is CCC1CCCN1c1nc2cc(C(=O)OC)ccc2nc1-c1ccccc1. The van der Waals surface area contributed by atoms with Crippen LogP contribution in [0.3, 0.4) is 0 Å². The van der Waals surface area contributed by atoms with Crippen LogP contribution in [-0.4, -0.2) is 35.6 Å². The van der Waals surface area contributed by atoms with Crippen molar-refractivity contribution in [3.05, 3.63) is 54.1 Å². The molecule has 1 aromatic heterocycles. The Bertz CT molecular complexity index is 972. The molecule has 4 rings (SSSR count). The van der Waals surface area contributed by atoms with Gasteiger partial charge in [-0.2, -0.15) is 0 Å². The maximum atomic E-state index is 11.9. The molecule has 0 amide bonds. The van der Waals surface area contributed by atoms with Crippen LogP contribution in [0, 0.1) is 0 Å². The van der Waals surface area contributed by atoms with Crippen molar-refractivity contribution in [1.82, 2.24) is 9.97 Å². The van der Waals surface area contributed by atoms with Crippen LogP contribution >= 0.6 is 0 Å². The second-order valence-corrected chi connectivity index (χ2v) is 6.85. The van der Waals surface area contributed by atoms with E-state index in [1.165, 1.54) is 13.5 Å². The molecular weight excluding hydrogens is 338 g/mol. The molecule has 27 heavy (non-hydrogen) atoms.